The van der Waals surface area contributed by atoms with Gasteiger partial charge in [-0.05, 0) is 37.3 Å². The van der Waals surface area contributed by atoms with Gasteiger partial charge in [0.15, 0.2) is 0 Å². The number of nitrogens with zero attached hydrogens (tertiary/aromatic N) is 4. The number of amides is 2. The summed E-state index contributed by atoms with van der Waals surface area (Å²) in [6, 6.07) is 7.47. The maximum absolute atomic E-state index is 13.0. The molecule has 1 aliphatic heterocycles. The molecule has 1 atom stereocenters. The fourth-order valence-electron chi connectivity index (χ4n) is 2.95. The predicted molar refractivity (Wildman–Crippen MR) is 91.2 cm³/mol. The summed E-state index contributed by atoms with van der Waals surface area (Å²) in [5.74, 6) is -0.274. The van der Waals surface area contributed by atoms with E-state index in [1.54, 1.807) is 46.7 Å². The summed E-state index contributed by atoms with van der Waals surface area (Å²) >= 11 is 0. The number of carbonyl (C=O) groups excluding carboxylic acids is 2. The molecule has 7 heteroatoms. The molecule has 0 bridgehead atoms. The van der Waals surface area contributed by atoms with Crippen molar-refractivity contribution in [3.63, 3.8) is 0 Å². The summed E-state index contributed by atoms with van der Waals surface area (Å²) in [6.07, 6.45) is 1.76. The highest BCUT2D eigenvalue weighted by Gasteiger charge is 2.27. The number of hydrogen-bond acceptors (Lipinski definition) is 3. The molecule has 132 valence electrons. The van der Waals surface area contributed by atoms with E-state index in [0.29, 0.717) is 31.9 Å². The van der Waals surface area contributed by atoms with Crippen molar-refractivity contribution in [2.24, 2.45) is 0 Å². The largest absolute Gasteiger partial charge is 0.339 e. The SMILES string of the molecule is CC(=O)N1CCN(C(=O)[C@@H](C)n2ccc(-c3ccc(F)cc3)n2)CC1. The molecule has 1 saturated heterocycles. The van der Waals surface area contributed by atoms with Crippen molar-refractivity contribution in [3.8, 4) is 11.3 Å². The van der Waals surface area contributed by atoms with E-state index in [1.807, 2.05) is 6.07 Å². The minimum absolute atomic E-state index is 0.0167. The van der Waals surface area contributed by atoms with Crippen LogP contribution >= 0.6 is 0 Å². The molecule has 2 amide bonds. The summed E-state index contributed by atoms with van der Waals surface area (Å²) in [6.45, 7) is 5.55. The van der Waals surface area contributed by atoms with Crippen molar-refractivity contribution < 1.29 is 14.0 Å². The average Bonchev–Trinajstić information content (AvgIpc) is 3.11. The Kier molecular flexibility index (Phi) is 4.83. The van der Waals surface area contributed by atoms with Crippen molar-refractivity contribution in [3.05, 3.63) is 42.3 Å². The van der Waals surface area contributed by atoms with Crippen LogP contribution in [0, 0.1) is 5.82 Å². The van der Waals surface area contributed by atoms with Crippen LogP contribution in [0.3, 0.4) is 0 Å². The second-order valence-electron chi connectivity index (χ2n) is 6.20. The molecule has 25 heavy (non-hydrogen) atoms. The Morgan fingerprint density at radius 2 is 1.64 bits per heavy atom. The second-order valence-corrected chi connectivity index (χ2v) is 6.20. The zero-order valence-corrected chi connectivity index (χ0v) is 14.4. The van der Waals surface area contributed by atoms with Gasteiger partial charge in [-0.25, -0.2) is 4.39 Å². The van der Waals surface area contributed by atoms with Crippen molar-refractivity contribution in [1.29, 1.82) is 0 Å². The standard InChI is InChI=1S/C18H21FN4O2/c1-13(18(25)22-11-9-21(10-12-22)14(2)24)23-8-7-17(20-23)15-3-5-16(19)6-4-15/h3-8,13H,9-12H2,1-2H3/t13-/m1/s1. The summed E-state index contributed by atoms with van der Waals surface area (Å²) in [4.78, 5) is 27.6. The minimum Gasteiger partial charge on any atom is -0.339 e. The van der Waals surface area contributed by atoms with Gasteiger partial charge in [-0.2, -0.15) is 5.10 Å². The smallest absolute Gasteiger partial charge is 0.247 e. The summed E-state index contributed by atoms with van der Waals surface area (Å²) in [7, 11) is 0. The van der Waals surface area contributed by atoms with E-state index in [1.165, 1.54) is 12.1 Å². The molecule has 6 nitrogen and oxygen atoms in total. The van der Waals surface area contributed by atoms with Gasteiger partial charge in [-0.15, -0.1) is 0 Å². The van der Waals surface area contributed by atoms with Crippen LogP contribution in [0.25, 0.3) is 11.3 Å². The van der Waals surface area contributed by atoms with Crippen molar-refractivity contribution >= 4 is 11.8 Å². The van der Waals surface area contributed by atoms with Crippen molar-refractivity contribution in [2.45, 2.75) is 19.9 Å². The van der Waals surface area contributed by atoms with Gasteiger partial charge in [0.05, 0.1) is 5.69 Å². The fourth-order valence-corrected chi connectivity index (χ4v) is 2.95. The van der Waals surface area contributed by atoms with Crippen LogP contribution in [0.2, 0.25) is 0 Å². The summed E-state index contributed by atoms with van der Waals surface area (Å²) < 4.78 is 14.6. The van der Waals surface area contributed by atoms with Crippen LogP contribution in [0.15, 0.2) is 36.5 Å². The van der Waals surface area contributed by atoms with Gasteiger partial charge in [0.2, 0.25) is 11.8 Å². The van der Waals surface area contributed by atoms with Gasteiger partial charge in [0.25, 0.3) is 0 Å². The zero-order valence-electron chi connectivity index (χ0n) is 14.4. The Morgan fingerprint density at radius 3 is 2.24 bits per heavy atom. The molecule has 0 saturated carbocycles. The molecule has 3 rings (SSSR count). The maximum atomic E-state index is 13.0. The van der Waals surface area contributed by atoms with E-state index in [-0.39, 0.29) is 17.6 Å². The van der Waals surface area contributed by atoms with Crippen molar-refractivity contribution in [1.82, 2.24) is 19.6 Å². The first-order chi connectivity index (χ1) is 12.0. The molecule has 2 aromatic rings. The van der Waals surface area contributed by atoms with E-state index in [2.05, 4.69) is 5.10 Å². The van der Waals surface area contributed by atoms with Gasteiger partial charge in [0.1, 0.15) is 11.9 Å². The zero-order chi connectivity index (χ0) is 18.0. The van der Waals surface area contributed by atoms with Gasteiger partial charge >= 0.3 is 0 Å². The third-order valence-corrected chi connectivity index (χ3v) is 4.54. The van der Waals surface area contributed by atoms with Crippen LogP contribution in [0.5, 0.6) is 0 Å². The first-order valence-corrected chi connectivity index (χ1v) is 8.31. The lowest BCUT2D eigenvalue weighted by Gasteiger charge is -2.35. The summed E-state index contributed by atoms with van der Waals surface area (Å²) in [5.41, 5.74) is 1.50. The van der Waals surface area contributed by atoms with Gasteiger partial charge < -0.3 is 9.80 Å². The number of halogens is 1. The molecule has 1 fully saturated rings. The quantitative estimate of drug-likeness (QED) is 0.855. The molecule has 2 heterocycles. The molecule has 0 N–H and O–H groups in total. The average molecular weight is 344 g/mol. The lowest BCUT2D eigenvalue weighted by Crippen LogP contribution is -2.51. The highest BCUT2D eigenvalue weighted by Crippen LogP contribution is 2.20. The molecule has 0 radical (unpaired) electrons. The minimum atomic E-state index is -0.432. The van der Waals surface area contributed by atoms with E-state index in [9.17, 15) is 14.0 Å². The normalized spacial score (nSPS) is 16.0. The Labute approximate surface area is 145 Å². The predicted octanol–water partition coefficient (Wildman–Crippen LogP) is 1.94. The molecular weight excluding hydrogens is 323 g/mol. The highest BCUT2D eigenvalue weighted by atomic mass is 19.1. The van der Waals surface area contributed by atoms with Crippen molar-refractivity contribution in [2.75, 3.05) is 26.2 Å². The Bertz CT molecular complexity index is 764. The molecule has 0 aliphatic carbocycles. The van der Waals surface area contributed by atoms with E-state index in [4.69, 9.17) is 0 Å². The number of benzene rings is 1. The molecule has 0 spiro atoms. The van der Waals surface area contributed by atoms with Crippen LogP contribution in [0.4, 0.5) is 4.39 Å². The number of rotatable bonds is 3. The Balaban J connectivity index is 1.67. The molecule has 1 aromatic heterocycles. The first-order valence-electron chi connectivity index (χ1n) is 8.31. The van der Waals surface area contributed by atoms with Gasteiger partial charge in [-0.3, -0.25) is 14.3 Å². The Hall–Kier alpha value is -2.70. The van der Waals surface area contributed by atoms with Crippen LogP contribution < -0.4 is 0 Å². The topological polar surface area (TPSA) is 58.4 Å². The van der Waals surface area contributed by atoms with E-state index < -0.39 is 6.04 Å². The third-order valence-electron chi connectivity index (χ3n) is 4.54. The maximum Gasteiger partial charge on any atom is 0.247 e. The molecular formula is C18H21FN4O2. The molecule has 1 aliphatic rings. The number of aromatic nitrogens is 2. The van der Waals surface area contributed by atoms with Crippen LogP contribution in [-0.4, -0.2) is 57.6 Å². The third kappa shape index (κ3) is 3.70. The molecule has 0 unspecified atom stereocenters. The van der Waals surface area contributed by atoms with Gasteiger partial charge in [0, 0.05) is 44.9 Å². The van der Waals surface area contributed by atoms with E-state index in [0.717, 1.165) is 5.56 Å². The van der Waals surface area contributed by atoms with Crippen LogP contribution in [0.1, 0.15) is 19.9 Å². The number of hydrogen-bond donors (Lipinski definition) is 0. The first kappa shape index (κ1) is 17.1. The van der Waals surface area contributed by atoms with E-state index >= 15 is 0 Å². The van der Waals surface area contributed by atoms with Gasteiger partial charge in [-0.1, -0.05) is 0 Å². The second kappa shape index (κ2) is 7.04. The highest BCUT2D eigenvalue weighted by molar-refractivity contribution is 5.80. The fraction of sp³-hybridized carbons (Fsp3) is 0.389. The summed E-state index contributed by atoms with van der Waals surface area (Å²) in [5, 5.41) is 4.45. The number of carbonyl (C=O) groups is 2. The number of piperazine rings is 1. The molecule has 1 aromatic carbocycles. The van der Waals surface area contributed by atoms with Crippen LogP contribution in [-0.2, 0) is 9.59 Å². The monoisotopic (exact) mass is 344 g/mol. The Morgan fingerprint density at radius 1 is 1.04 bits per heavy atom. The lowest BCUT2D eigenvalue weighted by atomic mass is 10.1. The lowest BCUT2D eigenvalue weighted by molar-refractivity contribution is -0.140.